The number of amides is 2. The number of nitrogens with one attached hydrogen (secondary N) is 2. The molecule has 0 saturated carbocycles. The number of hydrogen-bond donors (Lipinski definition) is 3. The molecule has 2 amide bonds. The Balaban J connectivity index is 2.92. The Kier molecular flexibility index (Phi) is 7.37. The largest absolute Gasteiger partial charge is 0.477 e. The minimum atomic E-state index is -1.28. The van der Waals surface area contributed by atoms with Crippen LogP contribution in [0.25, 0.3) is 6.08 Å². The third-order valence-electron chi connectivity index (χ3n) is 3.22. The lowest BCUT2D eigenvalue weighted by Crippen LogP contribution is -2.51. The van der Waals surface area contributed by atoms with E-state index in [1.807, 2.05) is 0 Å². The van der Waals surface area contributed by atoms with Gasteiger partial charge in [0.2, 0.25) is 5.91 Å². The van der Waals surface area contributed by atoms with Crippen LogP contribution in [0.2, 0.25) is 0 Å². The molecular weight excluding hydrogens is 336 g/mol. The zero-order valence-corrected chi connectivity index (χ0v) is 15.7. The fourth-order valence-electron chi connectivity index (χ4n) is 2.05. The van der Waals surface area contributed by atoms with Gasteiger partial charge in [-0.1, -0.05) is 44.2 Å². The van der Waals surface area contributed by atoms with E-state index in [4.69, 9.17) is 4.74 Å². The first-order chi connectivity index (χ1) is 12.0. The van der Waals surface area contributed by atoms with E-state index < -0.39 is 29.6 Å². The quantitative estimate of drug-likeness (QED) is 0.675. The van der Waals surface area contributed by atoms with Gasteiger partial charge in [0.05, 0.1) is 0 Å². The Morgan fingerprint density at radius 2 is 1.69 bits per heavy atom. The number of alkyl carbamates (subject to hydrolysis) is 1. The molecule has 1 rings (SSSR count). The summed E-state index contributed by atoms with van der Waals surface area (Å²) in [6.45, 7) is 8.61. The van der Waals surface area contributed by atoms with Gasteiger partial charge < -0.3 is 20.5 Å². The Bertz CT molecular complexity index is 675. The van der Waals surface area contributed by atoms with E-state index in [0.29, 0.717) is 5.56 Å². The lowest BCUT2D eigenvalue weighted by Gasteiger charge is -2.25. The molecule has 0 aliphatic heterocycles. The van der Waals surface area contributed by atoms with Gasteiger partial charge in [-0.05, 0) is 38.3 Å². The van der Waals surface area contributed by atoms with Crippen LogP contribution in [-0.4, -0.2) is 34.7 Å². The minimum Gasteiger partial charge on any atom is -0.477 e. The summed E-state index contributed by atoms with van der Waals surface area (Å²) in [6.07, 6.45) is 0.612. The number of rotatable bonds is 6. The maximum Gasteiger partial charge on any atom is 0.408 e. The van der Waals surface area contributed by atoms with Crippen LogP contribution in [-0.2, 0) is 14.3 Å². The summed E-state index contributed by atoms with van der Waals surface area (Å²) in [5.74, 6) is -2.17. The highest BCUT2D eigenvalue weighted by atomic mass is 16.6. The van der Waals surface area contributed by atoms with Gasteiger partial charge in [-0.25, -0.2) is 9.59 Å². The Morgan fingerprint density at radius 1 is 1.12 bits per heavy atom. The smallest absolute Gasteiger partial charge is 0.408 e. The maximum atomic E-state index is 12.5. The molecule has 7 nitrogen and oxygen atoms in total. The zero-order valence-electron chi connectivity index (χ0n) is 15.7. The fourth-order valence-corrected chi connectivity index (χ4v) is 2.05. The lowest BCUT2D eigenvalue weighted by atomic mass is 10.0. The highest BCUT2D eigenvalue weighted by Gasteiger charge is 2.28. The van der Waals surface area contributed by atoms with Crippen molar-refractivity contribution in [3.8, 4) is 0 Å². The first-order valence-corrected chi connectivity index (χ1v) is 8.30. The molecule has 0 saturated heterocycles. The van der Waals surface area contributed by atoms with Crippen LogP contribution < -0.4 is 10.6 Å². The van der Waals surface area contributed by atoms with Crippen molar-refractivity contribution in [1.82, 2.24) is 10.6 Å². The van der Waals surface area contributed by atoms with Crippen LogP contribution in [0.15, 0.2) is 36.0 Å². The third-order valence-corrected chi connectivity index (χ3v) is 3.22. The number of carbonyl (C=O) groups excluding carboxylic acids is 2. The molecule has 0 bridgehead atoms. The molecule has 0 unspecified atom stereocenters. The number of carbonyl (C=O) groups is 3. The summed E-state index contributed by atoms with van der Waals surface area (Å²) in [4.78, 5) is 35.9. The SMILES string of the molecule is CC(C)[C@H](NC(=O)OC(C)(C)C)C(=O)N/C(=C\c1ccccc1)C(=O)O. The Hall–Kier alpha value is -2.83. The number of aliphatic carboxylic acids is 1. The van der Waals surface area contributed by atoms with Gasteiger partial charge >= 0.3 is 12.1 Å². The summed E-state index contributed by atoms with van der Waals surface area (Å²) in [7, 11) is 0. The highest BCUT2D eigenvalue weighted by Crippen LogP contribution is 2.10. The van der Waals surface area contributed by atoms with Crippen molar-refractivity contribution in [3.05, 3.63) is 41.6 Å². The summed E-state index contributed by atoms with van der Waals surface area (Å²) in [5, 5.41) is 14.2. The van der Waals surface area contributed by atoms with Crippen LogP contribution in [0.1, 0.15) is 40.2 Å². The van der Waals surface area contributed by atoms with Crippen LogP contribution in [0.5, 0.6) is 0 Å². The van der Waals surface area contributed by atoms with Gasteiger partial charge in [-0.2, -0.15) is 0 Å². The standard InChI is InChI=1S/C19H26N2O5/c1-12(2)15(21-18(25)26-19(3,4)5)16(22)20-14(17(23)24)11-13-9-7-6-8-10-13/h6-12,15H,1-5H3,(H,20,22)(H,21,25)(H,23,24)/b14-11-/t15-/m0/s1. The molecule has 0 aromatic heterocycles. The summed E-state index contributed by atoms with van der Waals surface area (Å²) in [5.41, 5.74) is -0.356. The van der Waals surface area contributed by atoms with Crippen molar-refractivity contribution in [2.24, 2.45) is 5.92 Å². The molecule has 3 N–H and O–H groups in total. The van der Waals surface area contributed by atoms with Gasteiger partial charge in [-0.15, -0.1) is 0 Å². The van der Waals surface area contributed by atoms with E-state index in [0.717, 1.165) is 0 Å². The van der Waals surface area contributed by atoms with Crippen LogP contribution in [0, 0.1) is 5.92 Å². The molecule has 1 aromatic carbocycles. The molecule has 0 heterocycles. The highest BCUT2D eigenvalue weighted by molar-refractivity contribution is 5.98. The molecule has 1 atom stereocenters. The van der Waals surface area contributed by atoms with E-state index in [2.05, 4.69) is 10.6 Å². The molecule has 0 fully saturated rings. The van der Waals surface area contributed by atoms with E-state index in [1.165, 1.54) is 6.08 Å². The summed E-state index contributed by atoms with van der Waals surface area (Å²) in [6, 6.07) is 7.81. The van der Waals surface area contributed by atoms with Gasteiger partial charge in [0.25, 0.3) is 0 Å². The number of ether oxygens (including phenoxy) is 1. The maximum absolute atomic E-state index is 12.5. The molecule has 0 aliphatic carbocycles. The first kappa shape index (κ1) is 21.2. The second-order valence-electron chi connectivity index (χ2n) is 7.13. The van der Waals surface area contributed by atoms with E-state index in [9.17, 15) is 19.5 Å². The van der Waals surface area contributed by atoms with Crippen LogP contribution in [0.4, 0.5) is 4.79 Å². The molecule has 7 heteroatoms. The molecule has 142 valence electrons. The van der Waals surface area contributed by atoms with Crippen LogP contribution >= 0.6 is 0 Å². The lowest BCUT2D eigenvalue weighted by molar-refractivity contribution is -0.135. The third kappa shape index (κ3) is 7.38. The average Bonchev–Trinajstić information content (AvgIpc) is 2.50. The van der Waals surface area contributed by atoms with Crippen LogP contribution in [0.3, 0.4) is 0 Å². The van der Waals surface area contributed by atoms with E-state index in [1.54, 1.807) is 65.0 Å². The van der Waals surface area contributed by atoms with Crippen molar-refractivity contribution in [3.63, 3.8) is 0 Å². The van der Waals surface area contributed by atoms with Crippen molar-refractivity contribution in [2.75, 3.05) is 0 Å². The molecule has 0 radical (unpaired) electrons. The zero-order chi connectivity index (χ0) is 19.9. The normalized spacial score (nSPS) is 13.1. The Morgan fingerprint density at radius 3 is 2.15 bits per heavy atom. The minimum absolute atomic E-state index is 0.269. The molecule has 1 aromatic rings. The second-order valence-corrected chi connectivity index (χ2v) is 7.13. The molecule has 26 heavy (non-hydrogen) atoms. The van der Waals surface area contributed by atoms with Gasteiger partial charge in [-0.3, -0.25) is 4.79 Å². The van der Waals surface area contributed by atoms with Gasteiger partial charge in [0, 0.05) is 0 Å². The predicted octanol–water partition coefficient (Wildman–Crippen LogP) is 2.78. The monoisotopic (exact) mass is 362 g/mol. The van der Waals surface area contributed by atoms with E-state index in [-0.39, 0.29) is 11.6 Å². The van der Waals surface area contributed by atoms with E-state index >= 15 is 0 Å². The van der Waals surface area contributed by atoms with Crippen molar-refractivity contribution in [1.29, 1.82) is 0 Å². The number of carboxylic acid groups (broad SMARTS) is 1. The molecular formula is C19H26N2O5. The molecule has 0 aliphatic rings. The van der Waals surface area contributed by atoms with Crippen molar-refractivity contribution < 1.29 is 24.2 Å². The predicted molar refractivity (Wildman–Crippen MR) is 98.2 cm³/mol. The van der Waals surface area contributed by atoms with Gasteiger partial charge in [0.1, 0.15) is 17.3 Å². The topological polar surface area (TPSA) is 105 Å². The number of hydrogen-bond acceptors (Lipinski definition) is 4. The second kappa shape index (κ2) is 9.03. The Labute approximate surface area is 153 Å². The van der Waals surface area contributed by atoms with Crippen molar-refractivity contribution in [2.45, 2.75) is 46.3 Å². The summed E-state index contributed by atoms with van der Waals surface area (Å²) >= 11 is 0. The van der Waals surface area contributed by atoms with Gasteiger partial charge in [0.15, 0.2) is 0 Å². The van der Waals surface area contributed by atoms with Crippen molar-refractivity contribution >= 4 is 24.0 Å². The first-order valence-electron chi connectivity index (χ1n) is 8.30. The number of carboxylic acids is 1. The average molecular weight is 362 g/mol. The summed E-state index contributed by atoms with van der Waals surface area (Å²) < 4.78 is 5.16. The number of benzene rings is 1. The fraction of sp³-hybridized carbons (Fsp3) is 0.421. The molecule has 0 spiro atoms.